The van der Waals surface area contributed by atoms with E-state index in [2.05, 4.69) is 17.4 Å². The van der Waals surface area contributed by atoms with E-state index in [-0.39, 0.29) is 24.3 Å². The van der Waals surface area contributed by atoms with E-state index >= 15 is 0 Å². The number of carboxylic acids is 1. The summed E-state index contributed by atoms with van der Waals surface area (Å²) in [5.41, 5.74) is 3.95. The van der Waals surface area contributed by atoms with Crippen molar-refractivity contribution in [2.75, 3.05) is 13.2 Å². The fraction of sp³-hybridized carbons (Fsp3) is 0.464. The van der Waals surface area contributed by atoms with Crippen LogP contribution in [0.25, 0.3) is 11.1 Å². The molecule has 4 rings (SSSR count). The number of likely N-dealkylation sites (tertiary alicyclic amines) is 1. The summed E-state index contributed by atoms with van der Waals surface area (Å²) in [4.78, 5) is 39.8. The van der Waals surface area contributed by atoms with Crippen molar-refractivity contribution < 1.29 is 24.2 Å². The SMILES string of the molecule is CC(C)[C@@H](NC(=O)OCC1c2ccccc2-c2ccccc21)C(=O)N1CCCC(C)(C)C1C(=O)O. The predicted molar refractivity (Wildman–Crippen MR) is 133 cm³/mol. The fourth-order valence-electron chi connectivity index (χ4n) is 5.56. The summed E-state index contributed by atoms with van der Waals surface area (Å²) >= 11 is 0. The Hall–Kier alpha value is -3.35. The van der Waals surface area contributed by atoms with Crippen molar-refractivity contribution in [2.45, 2.75) is 58.5 Å². The molecular formula is C28H34N2O5. The number of rotatable bonds is 6. The van der Waals surface area contributed by atoms with Crippen LogP contribution in [0.1, 0.15) is 57.6 Å². The van der Waals surface area contributed by atoms with Gasteiger partial charge < -0.3 is 20.1 Å². The number of alkyl carbamates (subject to hydrolysis) is 1. The van der Waals surface area contributed by atoms with Crippen molar-refractivity contribution in [1.82, 2.24) is 10.2 Å². The van der Waals surface area contributed by atoms with E-state index in [4.69, 9.17) is 4.74 Å². The molecule has 2 aromatic rings. The molecule has 2 atom stereocenters. The number of carbonyl (C=O) groups is 3. The minimum Gasteiger partial charge on any atom is -0.480 e. The maximum absolute atomic E-state index is 13.5. The summed E-state index contributed by atoms with van der Waals surface area (Å²) in [6.07, 6.45) is 0.764. The van der Waals surface area contributed by atoms with Crippen LogP contribution in [0, 0.1) is 11.3 Å². The molecule has 35 heavy (non-hydrogen) atoms. The summed E-state index contributed by atoms with van der Waals surface area (Å²) in [6.45, 7) is 7.90. The second-order valence-corrected chi connectivity index (χ2v) is 10.6. The smallest absolute Gasteiger partial charge is 0.407 e. The molecule has 1 fully saturated rings. The number of benzene rings is 2. The van der Waals surface area contributed by atoms with E-state index in [0.717, 1.165) is 35.1 Å². The zero-order valence-corrected chi connectivity index (χ0v) is 20.8. The van der Waals surface area contributed by atoms with Crippen molar-refractivity contribution in [2.24, 2.45) is 11.3 Å². The maximum atomic E-state index is 13.5. The summed E-state index contributed by atoms with van der Waals surface area (Å²) in [6, 6.07) is 14.4. The Bertz CT molecular complexity index is 1080. The molecule has 186 valence electrons. The van der Waals surface area contributed by atoms with Crippen molar-refractivity contribution in [3.8, 4) is 11.1 Å². The average Bonchev–Trinajstić information content (AvgIpc) is 3.13. The molecule has 2 aromatic carbocycles. The molecule has 0 aromatic heterocycles. The molecule has 2 aliphatic rings. The molecule has 1 aliphatic carbocycles. The van der Waals surface area contributed by atoms with E-state index in [1.54, 1.807) is 0 Å². The lowest BCUT2D eigenvalue weighted by molar-refractivity contribution is -0.160. The average molecular weight is 479 g/mol. The number of amides is 2. The maximum Gasteiger partial charge on any atom is 0.407 e. The van der Waals surface area contributed by atoms with Gasteiger partial charge >= 0.3 is 12.1 Å². The zero-order valence-electron chi connectivity index (χ0n) is 20.8. The van der Waals surface area contributed by atoms with E-state index in [9.17, 15) is 19.5 Å². The highest BCUT2D eigenvalue weighted by molar-refractivity contribution is 5.90. The standard InChI is InChI=1S/C28H34N2O5/c1-17(2)23(25(31)30-15-9-14-28(3,4)24(30)26(32)33)29-27(34)35-16-22-20-12-7-5-10-18(20)19-11-6-8-13-21(19)22/h5-8,10-13,17,22-24H,9,14-16H2,1-4H3,(H,29,34)(H,32,33)/t23-,24?/m1/s1. The van der Waals surface area contributed by atoms with Gasteiger partial charge in [0.05, 0.1) is 0 Å². The summed E-state index contributed by atoms with van der Waals surface area (Å²) in [5, 5.41) is 12.6. The number of fused-ring (bicyclic) bond motifs is 3. The van der Waals surface area contributed by atoms with Crippen molar-refractivity contribution >= 4 is 18.0 Å². The van der Waals surface area contributed by atoms with Gasteiger partial charge in [-0.3, -0.25) is 4.79 Å². The van der Waals surface area contributed by atoms with Gasteiger partial charge in [-0.25, -0.2) is 9.59 Å². The van der Waals surface area contributed by atoms with E-state index in [1.165, 1.54) is 4.90 Å². The third-order valence-electron chi connectivity index (χ3n) is 7.34. The van der Waals surface area contributed by atoms with Crippen LogP contribution in [-0.4, -0.2) is 53.2 Å². The van der Waals surface area contributed by atoms with Crippen molar-refractivity contribution in [1.29, 1.82) is 0 Å². The molecule has 1 heterocycles. The number of nitrogens with zero attached hydrogens (tertiary/aromatic N) is 1. The third kappa shape index (κ3) is 4.77. The number of nitrogens with one attached hydrogen (secondary N) is 1. The molecule has 1 unspecified atom stereocenters. The van der Waals surface area contributed by atoms with Crippen LogP contribution >= 0.6 is 0 Å². The van der Waals surface area contributed by atoms with Crippen LogP contribution < -0.4 is 5.32 Å². The Morgan fingerprint density at radius 2 is 1.63 bits per heavy atom. The minimum atomic E-state index is -1.02. The van der Waals surface area contributed by atoms with Crippen LogP contribution in [-0.2, 0) is 14.3 Å². The van der Waals surface area contributed by atoms with Gasteiger partial charge in [-0.15, -0.1) is 0 Å². The lowest BCUT2D eigenvalue weighted by Crippen LogP contribution is -2.61. The van der Waals surface area contributed by atoms with Crippen molar-refractivity contribution in [3.63, 3.8) is 0 Å². The molecule has 7 nitrogen and oxygen atoms in total. The molecule has 1 saturated heterocycles. The van der Waals surface area contributed by atoms with Gasteiger partial charge in [0.2, 0.25) is 5.91 Å². The number of hydrogen-bond acceptors (Lipinski definition) is 4. The van der Waals surface area contributed by atoms with Crippen LogP contribution in [0.15, 0.2) is 48.5 Å². The van der Waals surface area contributed by atoms with E-state index < -0.39 is 29.6 Å². The molecule has 0 radical (unpaired) electrons. The topological polar surface area (TPSA) is 95.9 Å². The fourth-order valence-corrected chi connectivity index (χ4v) is 5.56. The van der Waals surface area contributed by atoms with Crippen LogP contribution in [0.4, 0.5) is 4.79 Å². The summed E-state index contributed by atoms with van der Waals surface area (Å²) < 4.78 is 5.64. The number of aliphatic carboxylic acids is 1. The largest absolute Gasteiger partial charge is 0.480 e. The van der Waals surface area contributed by atoms with Crippen LogP contribution in [0.3, 0.4) is 0 Å². The molecule has 2 N–H and O–H groups in total. The highest BCUT2D eigenvalue weighted by Crippen LogP contribution is 2.44. The third-order valence-corrected chi connectivity index (χ3v) is 7.34. The minimum absolute atomic E-state index is 0.0827. The first-order valence-electron chi connectivity index (χ1n) is 12.3. The van der Waals surface area contributed by atoms with Crippen molar-refractivity contribution in [3.05, 3.63) is 59.7 Å². The molecule has 7 heteroatoms. The normalized spacial score (nSPS) is 19.6. The van der Waals surface area contributed by atoms with Crippen LogP contribution in [0.5, 0.6) is 0 Å². The second-order valence-electron chi connectivity index (χ2n) is 10.6. The number of carboxylic acid groups (broad SMARTS) is 1. The van der Waals surface area contributed by atoms with E-state index in [0.29, 0.717) is 6.54 Å². The lowest BCUT2D eigenvalue weighted by Gasteiger charge is -2.45. The van der Waals surface area contributed by atoms with Gasteiger partial charge in [-0.2, -0.15) is 0 Å². The molecule has 1 aliphatic heterocycles. The van der Waals surface area contributed by atoms with Gasteiger partial charge in [-0.05, 0) is 46.4 Å². The highest BCUT2D eigenvalue weighted by Gasteiger charge is 2.46. The first kappa shape index (κ1) is 24.8. The number of ether oxygens (including phenoxy) is 1. The quantitative estimate of drug-likeness (QED) is 0.630. The zero-order chi connectivity index (χ0) is 25.3. The molecule has 2 amide bonds. The number of hydrogen-bond donors (Lipinski definition) is 2. The number of piperidine rings is 1. The van der Waals surface area contributed by atoms with Gasteiger partial charge in [0, 0.05) is 12.5 Å². The Balaban J connectivity index is 1.47. The van der Waals surface area contributed by atoms with Gasteiger partial charge in [0.1, 0.15) is 18.7 Å². The first-order valence-corrected chi connectivity index (χ1v) is 12.3. The Kier molecular flexibility index (Phi) is 6.88. The summed E-state index contributed by atoms with van der Waals surface area (Å²) in [5.74, 6) is -1.72. The van der Waals surface area contributed by atoms with Gasteiger partial charge in [-0.1, -0.05) is 76.2 Å². The highest BCUT2D eigenvalue weighted by atomic mass is 16.5. The Labute approximate surface area is 206 Å². The predicted octanol–water partition coefficient (Wildman–Crippen LogP) is 4.65. The van der Waals surface area contributed by atoms with Gasteiger partial charge in [0.15, 0.2) is 0 Å². The molecule has 0 spiro atoms. The molecular weight excluding hydrogens is 444 g/mol. The molecule has 0 bridgehead atoms. The second kappa shape index (κ2) is 9.72. The monoisotopic (exact) mass is 478 g/mol. The van der Waals surface area contributed by atoms with E-state index in [1.807, 2.05) is 64.1 Å². The first-order chi connectivity index (χ1) is 16.6. The lowest BCUT2D eigenvalue weighted by atomic mass is 9.76. The Morgan fingerprint density at radius 3 is 2.17 bits per heavy atom. The Morgan fingerprint density at radius 1 is 1.06 bits per heavy atom. The van der Waals surface area contributed by atoms with Crippen LogP contribution in [0.2, 0.25) is 0 Å². The molecule has 0 saturated carbocycles. The van der Waals surface area contributed by atoms with Gasteiger partial charge in [0.25, 0.3) is 0 Å². The number of carbonyl (C=O) groups excluding carboxylic acids is 2. The summed E-state index contributed by atoms with van der Waals surface area (Å²) in [7, 11) is 0.